The van der Waals surface area contributed by atoms with Gasteiger partial charge in [-0.1, -0.05) is 6.42 Å². The zero-order chi connectivity index (χ0) is 11.4. The van der Waals surface area contributed by atoms with Gasteiger partial charge in [-0.2, -0.15) is 0 Å². The van der Waals surface area contributed by atoms with E-state index in [2.05, 4.69) is 9.88 Å². The number of hydrogen-bond acceptors (Lipinski definition) is 4. The molecule has 0 saturated carbocycles. The monoisotopic (exact) mass is 221 g/mol. The summed E-state index contributed by atoms with van der Waals surface area (Å²) < 4.78 is 5.17. The second-order valence-corrected chi connectivity index (χ2v) is 4.27. The van der Waals surface area contributed by atoms with E-state index in [1.54, 1.807) is 7.11 Å². The van der Waals surface area contributed by atoms with E-state index < -0.39 is 0 Å². The zero-order valence-electron chi connectivity index (χ0n) is 9.78. The standard InChI is InChI=1S/C12H19N3O/c1-16-11-7-10(8-14-12(11)13)9-15-5-3-2-4-6-15/h7-8H,2-6,9H2,1H3,(H2,13,14). The van der Waals surface area contributed by atoms with Crippen LogP contribution in [-0.2, 0) is 6.54 Å². The summed E-state index contributed by atoms with van der Waals surface area (Å²) in [6, 6.07) is 1.98. The summed E-state index contributed by atoms with van der Waals surface area (Å²) in [5.74, 6) is 1.14. The molecule has 4 heteroatoms. The summed E-state index contributed by atoms with van der Waals surface area (Å²) in [4.78, 5) is 6.60. The molecule has 2 rings (SSSR count). The summed E-state index contributed by atoms with van der Waals surface area (Å²) in [7, 11) is 1.62. The Hall–Kier alpha value is -1.29. The third kappa shape index (κ3) is 2.64. The van der Waals surface area contributed by atoms with Gasteiger partial charge in [-0.15, -0.1) is 0 Å². The number of nitrogens with zero attached hydrogens (tertiary/aromatic N) is 2. The third-order valence-electron chi connectivity index (χ3n) is 3.01. The van der Waals surface area contributed by atoms with E-state index in [0.29, 0.717) is 11.6 Å². The van der Waals surface area contributed by atoms with Gasteiger partial charge in [0.15, 0.2) is 11.6 Å². The first-order valence-corrected chi connectivity index (χ1v) is 5.80. The van der Waals surface area contributed by atoms with E-state index in [4.69, 9.17) is 10.5 Å². The Bertz CT molecular complexity index is 348. The molecule has 0 radical (unpaired) electrons. The average Bonchev–Trinajstić information content (AvgIpc) is 2.33. The van der Waals surface area contributed by atoms with Gasteiger partial charge in [0.1, 0.15) is 0 Å². The van der Waals surface area contributed by atoms with Crippen molar-refractivity contribution in [1.82, 2.24) is 9.88 Å². The topological polar surface area (TPSA) is 51.4 Å². The lowest BCUT2D eigenvalue weighted by Crippen LogP contribution is -2.29. The van der Waals surface area contributed by atoms with E-state index in [0.717, 1.165) is 6.54 Å². The van der Waals surface area contributed by atoms with Gasteiger partial charge in [-0.3, -0.25) is 4.90 Å². The Labute approximate surface area is 96.4 Å². The van der Waals surface area contributed by atoms with Crippen molar-refractivity contribution in [2.75, 3.05) is 25.9 Å². The molecule has 0 aromatic carbocycles. The largest absolute Gasteiger partial charge is 0.493 e. The van der Waals surface area contributed by atoms with Gasteiger partial charge < -0.3 is 10.5 Å². The molecule has 0 unspecified atom stereocenters. The van der Waals surface area contributed by atoms with Gasteiger partial charge in [0.2, 0.25) is 0 Å². The molecule has 1 aliphatic heterocycles. The molecule has 0 amide bonds. The Morgan fingerprint density at radius 3 is 2.81 bits per heavy atom. The highest BCUT2D eigenvalue weighted by Crippen LogP contribution is 2.21. The highest BCUT2D eigenvalue weighted by molar-refractivity contribution is 5.46. The quantitative estimate of drug-likeness (QED) is 0.843. The number of pyridine rings is 1. The summed E-state index contributed by atoms with van der Waals surface area (Å²) in [5.41, 5.74) is 6.86. The predicted molar refractivity (Wildman–Crippen MR) is 64.3 cm³/mol. The normalized spacial score (nSPS) is 17.3. The van der Waals surface area contributed by atoms with E-state index in [1.807, 2.05) is 12.3 Å². The maximum Gasteiger partial charge on any atom is 0.166 e. The van der Waals surface area contributed by atoms with Crippen LogP contribution in [0.25, 0.3) is 0 Å². The smallest absolute Gasteiger partial charge is 0.166 e. The van der Waals surface area contributed by atoms with Crippen molar-refractivity contribution in [3.63, 3.8) is 0 Å². The van der Waals surface area contributed by atoms with Crippen LogP contribution < -0.4 is 10.5 Å². The number of hydrogen-bond donors (Lipinski definition) is 1. The lowest BCUT2D eigenvalue weighted by molar-refractivity contribution is 0.220. The van der Waals surface area contributed by atoms with E-state index in [9.17, 15) is 0 Å². The molecule has 1 fully saturated rings. The number of anilines is 1. The van der Waals surface area contributed by atoms with E-state index in [-0.39, 0.29) is 0 Å². The third-order valence-corrected chi connectivity index (χ3v) is 3.01. The highest BCUT2D eigenvalue weighted by atomic mass is 16.5. The fourth-order valence-electron chi connectivity index (χ4n) is 2.12. The summed E-state index contributed by atoms with van der Waals surface area (Å²) in [5, 5.41) is 0. The molecule has 2 heterocycles. The van der Waals surface area contributed by atoms with Crippen molar-refractivity contribution in [3.05, 3.63) is 17.8 Å². The van der Waals surface area contributed by atoms with Crippen LogP contribution in [0.3, 0.4) is 0 Å². The molecule has 2 N–H and O–H groups in total. The zero-order valence-corrected chi connectivity index (χ0v) is 9.78. The molecule has 1 saturated heterocycles. The molecule has 0 atom stereocenters. The van der Waals surface area contributed by atoms with Crippen LogP contribution in [0.4, 0.5) is 5.82 Å². The maximum absolute atomic E-state index is 5.68. The van der Waals surface area contributed by atoms with Crippen LogP contribution in [-0.4, -0.2) is 30.1 Å². The molecule has 0 aliphatic carbocycles. The second kappa shape index (κ2) is 5.16. The molecule has 1 aromatic rings. The van der Waals surface area contributed by atoms with Gasteiger partial charge in [-0.05, 0) is 37.6 Å². The van der Waals surface area contributed by atoms with Gasteiger partial charge in [0.05, 0.1) is 7.11 Å². The summed E-state index contributed by atoms with van der Waals surface area (Å²) in [6.07, 6.45) is 5.81. The first-order chi connectivity index (χ1) is 7.79. The molecular formula is C12H19N3O. The number of methoxy groups -OCH3 is 1. The number of piperidine rings is 1. The molecular weight excluding hydrogens is 202 g/mol. The average molecular weight is 221 g/mol. The number of likely N-dealkylation sites (tertiary alicyclic amines) is 1. The van der Waals surface area contributed by atoms with Crippen LogP contribution in [0, 0.1) is 0 Å². The summed E-state index contributed by atoms with van der Waals surface area (Å²) in [6.45, 7) is 3.32. The van der Waals surface area contributed by atoms with Crippen LogP contribution >= 0.6 is 0 Å². The highest BCUT2D eigenvalue weighted by Gasteiger charge is 2.11. The van der Waals surface area contributed by atoms with Gasteiger partial charge >= 0.3 is 0 Å². The Morgan fingerprint density at radius 2 is 2.12 bits per heavy atom. The number of aromatic nitrogens is 1. The molecule has 16 heavy (non-hydrogen) atoms. The van der Waals surface area contributed by atoms with Crippen LogP contribution in [0.2, 0.25) is 0 Å². The SMILES string of the molecule is COc1cc(CN2CCCCC2)cnc1N. The summed E-state index contributed by atoms with van der Waals surface area (Å²) >= 11 is 0. The minimum atomic E-state index is 0.463. The van der Waals surface area contributed by atoms with Crippen LogP contribution in [0.1, 0.15) is 24.8 Å². The minimum absolute atomic E-state index is 0.463. The van der Waals surface area contributed by atoms with Crippen molar-refractivity contribution < 1.29 is 4.74 Å². The van der Waals surface area contributed by atoms with Crippen molar-refractivity contribution in [2.45, 2.75) is 25.8 Å². The van der Waals surface area contributed by atoms with E-state index >= 15 is 0 Å². The number of ether oxygens (including phenoxy) is 1. The van der Waals surface area contributed by atoms with Crippen LogP contribution in [0.15, 0.2) is 12.3 Å². The fourth-order valence-corrected chi connectivity index (χ4v) is 2.12. The number of rotatable bonds is 3. The Morgan fingerprint density at radius 1 is 1.38 bits per heavy atom. The van der Waals surface area contributed by atoms with Crippen molar-refractivity contribution >= 4 is 5.82 Å². The molecule has 1 aliphatic rings. The van der Waals surface area contributed by atoms with Crippen molar-refractivity contribution in [2.24, 2.45) is 0 Å². The lowest BCUT2D eigenvalue weighted by Gasteiger charge is -2.26. The van der Waals surface area contributed by atoms with E-state index in [1.165, 1.54) is 37.9 Å². The second-order valence-electron chi connectivity index (χ2n) is 4.27. The lowest BCUT2D eigenvalue weighted by atomic mass is 10.1. The van der Waals surface area contributed by atoms with Crippen molar-refractivity contribution in [1.29, 1.82) is 0 Å². The van der Waals surface area contributed by atoms with Crippen molar-refractivity contribution in [3.8, 4) is 5.75 Å². The molecule has 4 nitrogen and oxygen atoms in total. The number of nitrogen functional groups attached to an aromatic ring is 1. The van der Waals surface area contributed by atoms with Crippen LogP contribution in [0.5, 0.6) is 5.75 Å². The van der Waals surface area contributed by atoms with Gasteiger partial charge in [0.25, 0.3) is 0 Å². The molecule has 0 spiro atoms. The molecule has 0 bridgehead atoms. The Balaban J connectivity index is 2.03. The Kier molecular flexibility index (Phi) is 3.62. The predicted octanol–water partition coefficient (Wildman–Crippen LogP) is 1.66. The van der Waals surface area contributed by atoms with Gasteiger partial charge in [0, 0.05) is 12.7 Å². The molecule has 1 aromatic heterocycles. The maximum atomic E-state index is 5.68. The van der Waals surface area contributed by atoms with Gasteiger partial charge in [-0.25, -0.2) is 4.98 Å². The fraction of sp³-hybridized carbons (Fsp3) is 0.583. The number of nitrogens with two attached hydrogens (primary N) is 1. The first kappa shape index (κ1) is 11.2. The first-order valence-electron chi connectivity index (χ1n) is 5.80. The molecule has 88 valence electrons. The minimum Gasteiger partial charge on any atom is -0.493 e.